The number of ether oxygens (including phenoxy) is 3. The molecule has 2 N–H and O–H groups in total. The van der Waals surface area contributed by atoms with Crippen LogP contribution in [0, 0.1) is 0 Å². The summed E-state index contributed by atoms with van der Waals surface area (Å²) in [6, 6.07) is 9.88. The van der Waals surface area contributed by atoms with Gasteiger partial charge in [-0.2, -0.15) is 0 Å². The minimum atomic E-state index is -0.00936. The third-order valence-corrected chi connectivity index (χ3v) is 6.76. The molecule has 1 aromatic carbocycles. The lowest BCUT2D eigenvalue weighted by atomic mass is 10.1. The van der Waals surface area contributed by atoms with Gasteiger partial charge in [0.1, 0.15) is 35.9 Å². The first kappa shape index (κ1) is 23.2. The van der Waals surface area contributed by atoms with Gasteiger partial charge >= 0.3 is 0 Å². The van der Waals surface area contributed by atoms with E-state index < -0.39 is 0 Å². The normalized spacial score (nSPS) is 15.5. The van der Waals surface area contributed by atoms with Crippen molar-refractivity contribution in [3.05, 3.63) is 72.1 Å². The number of benzene rings is 1. The first-order valence-electron chi connectivity index (χ1n) is 12.4. The van der Waals surface area contributed by atoms with E-state index in [4.69, 9.17) is 24.9 Å². The van der Waals surface area contributed by atoms with E-state index in [0.29, 0.717) is 12.4 Å². The number of aromatic nitrogens is 5. The summed E-state index contributed by atoms with van der Waals surface area (Å²) in [4.78, 5) is 18.0. The average molecular weight is 497 g/mol. The summed E-state index contributed by atoms with van der Waals surface area (Å²) >= 11 is 0. The molecule has 0 radical (unpaired) electrons. The molecule has 0 saturated carbocycles. The lowest BCUT2D eigenvalue weighted by Crippen LogP contribution is -2.01. The van der Waals surface area contributed by atoms with Crippen molar-refractivity contribution >= 4 is 27.8 Å². The molecule has 1 aliphatic heterocycles. The number of rotatable bonds is 7. The van der Waals surface area contributed by atoms with Crippen molar-refractivity contribution in [2.45, 2.75) is 38.9 Å². The van der Waals surface area contributed by atoms with E-state index in [9.17, 15) is 0 Å². The molecule has 9 heteroatoms. The predicted octanol–water partition coefficient (Wildman–Crippen LogP) is 4.95. The fourth-order valence-electron chi connectivity index (χ4n) is 4.90. The number of nitrogen functional groups attached to an aromatic ring is 1. The van der Waals surface area contributed by atoms with E-state index in [2.05, 4.69) is 21.9 Å². The predicted molar refractivity (Wildman–Crippen MR) is 141 cm³/mol. The molecule has 0 bridgehead atoms. The van der Waals surface area contributed by atoms with Crippen LogP contribution in [-0.4, -0.2) is 38.2 Å². The second-order valence-corrected chi connectivity index (χ2v) is 9.10. The van der Waals surface area contributed by atoms with Crippen molar-refractivity contribution in [1.29, 1.82) is 0 Å². The lowest BCUT2D eigenvalue weighted by molar-refractivity contribution is 0.113. The Morgan fingerprint density at radius 2 is 2.08 bits per heavy atom. The Morgan fingerprint density at radius 3 is 2.89 bits per heavy atom. The van der Waals surface area contributed by atoms with Crippen molar-refractivity contribution in [1.82, 2.24) is 24.5 Å². The van der Waals surface area contributed by atoms with Gasteiger partial charge in [-0.15, -0.1) is 0 Å². The van der Waals surface area contributed by atoms with Crippen LogP contribution in [0.5, 0.6) is 11.5 Å². The molecular formula is C28H28N6O3. The SMILES string of the molecule is CCc1cc(OC)c2ccc(OCc3cncc(-n4cc([C@@H]5CCCO5)c5c(N)ncnc54)c3)cc2n1. The van der Waals surface area contributed by atoms with Gasteiger partial charge in [-0.1, -0.05) is 6.92 Å². The van der Waals surface area contributed by atoms with Gasteiger partial charge in [-0.25, -0.2) is 9.97 Å². The largest absolute Gasteiger partial charge is 0.496 e. The monoisotopic (exact) mass is 496 g/mol. The Kier molecular flexibility index (Phi) is 6.05. The Morgan fingerprint density at radius 1 is 1.16 bits per heavy atom. The smallest absolute Gasteiger partial charge is 0.150 e. The topological polar surface area (TPSA) is 110 Å². The minimum Gasteiger partial charge on any atom is -0.496 e. The highest BCUT2D eigenvalue weighted by Gasteiger charge is 2.25. The van der Waals surface area contributed by atoms with E-state index in [0.717, 1.165) is 81.8 Å². The van der Waals surface area contributed by atoms with Crippen LogP contribution in [0.3, 0.4) is 0 Å². The maximum absolute atomic E-state index is 6.27. The molecule has 0 spiro atoms. The van der Waals surface area contributed by atoms with Crippen molar-refractivity contribution in [2.24, 2.45) is 0 Å². The number of hydrogen-bond donors (Lipinski definition) is 1. The summed E-state index contributed by atoms with van der Waals surface area (Å²) in [5.41, 5.74) is 11.6. The molecule has 1 fully saturated rings. The van der Waals surface area contributed by atoms with Crippen LogP contribution < -0.4 is 15.2 Å². The fraction of sp³-hybridized carbons (Fsp3) is 0.286. The number of fused-ring (bicyclic) bond motifs is 2. The quantitative estimate of drug-likeness (QED) is 0.337. The fourth-order valence-corrected chi connectivity index (χ4v) is 4.90. The van der Waals surface area contributed by atoms with Crippen LogP contribution in [0.25, 0.3) is 27.6 Å². The highest BCUT2D eigenvalue weighted by molar-refractivity contribution is 5.91. The van der Waals surface area contributed by atoms with Gasteiger partial charge in [0.15, 0.2) is 0 Å². The Bertz CT molecular complexity index is 1590. The summed E-state index contributed by atoms with van der Waals surface area (Å²) in [7, 11) is 1.68. The summed E-state index contributed by atoms with van der Waals surface area (Å²) in [5.74, 6) is 2.00. The first-order valence-corrected chi connectivity index (χ1v) is 12.4. The zero-order valence-corrected chi connectivity index (χ0v) is 20.8. The van der Waals surface area contributed by atoms with Gasteiger partial charge in [0.2, 0.25) is 0 Å². The van der Waals surface area contributed by atoms with Crippen LogP contribution in [0.2, 0.25) is 0 Å². The van der Waals surface area contributed by atoms with Gasteiger partial charge in [-0.05, 0) is 37.5 Å². The van der Waals surface area contributed by atoms with Crippen molar-refractivity contribution in [3.63, 3.8) is 0 Å². The molecule has 5 aromatic rings. The maximum Gasteiger partial charge on any atom is 0.150 e. The summed E-state index contributed by atoms with van der Waals surface area (Å²) < 4.78 is 19.6. The maximum atomic E-state index is 6.27. The van der Waals surface area contributed by atoms with Crippen molar-refractivity contribution in [2.75, 3.05) is 19.5 Å². The van der Waals surface area contributed by atoms with Gasteiger partial charge in [0.05, 0.1) is 36.0 Å². The van der Waals surface area contributed by atoms with Crippen molar-refractivity contribution in [3.8, 4) is 17.2 Å². The Labute approximate surface area is 214 Å². The number of methoxy groups -OCH3 is 1. The second-order valence-electron chi connectivity index (χ2n) is 9.10. The molecule has 9 nitrogen and oxygen atoms in total. The molecule has 0 aliphatic carbocycles. The Balaban J connectivity index is 1.29. The summed E-state index contributed by atoms with van der Waals surface area (Å²) in [6.45, 7) is 3.17. The van der Waals surface area contributed by atoms with E-state index in [1.165, 1.54) is 6.33 Å². The van der Waals surface area contributed by atoms with E-state index in [-0.39, 0.29) is 6.10 Å². The third kappa shape index (κ3) is 4.31. The molecule has 1 saturated heterocycles. The molecule has 5 heterocycles. The lowest BCUT2D eigenvalue weighted by Gasteiger charge is -2.11. The number of pyridine rings is 2. The molecule has 0 amide bonds. The van der Waals surface area contributed by atoms with Crippen LogP contribution in [0.15, 0.2) is 55.2 Å². The zero-order valence-electron chi connectivity index (χ0n) is 20.8. The van der Waals surface area contributed by atoms with E-state index in [1.54, 1.807) is 19.5 Å². The first-order chi connectivity index (χ1) is 18.1. The third-order valence-electron chi connectivity index (χ3n) is 6.76. The molecule has 1 atom stereocenters. The molecule has 1 aliphatic rings. The molecule has 37 heavy (non-hydrogen) atoms. The molecule has 4 aromatic heterocycles. The molecular weight excluding hydrogens is 468 g/mol. The van der Waals surface area contributed by atoms with Gasteiger partial charge < -0.3 is 19.9 Å². The molecule has 0 unspecified atom stereocenters. The van der Waals surface area contributed by atoms with Crippen LogP contribution in [-0.2, 0) is 17.8 Å². The molecule has 6 rings (SSSR count). The number of nitrogens with zero attached hydrogens (tertiary/aromatic N) is 5. The number of hydrogen-bond acceptors (Lipinski definition) is 8. The van der Waals surface area contributed by atoms with Gasteiger partial charge in [0.25, 0.3) is 0 Å². The standard InChI is InChI=1S/C28H28N6O3/c1-3-18-10-25(35-2)21-7-6-20(11-23(21)33-18)37-15-17-9-19(13-30-12-17)34-14-22(24-5-4-8-36-24)26-27(29)31-16-32-28(26)34/h6-7,9-14,16,24H,3-5,8,15H2,1-2H3,(H2,29,31,32)/t24-/m0/s1. The van der Waals surface area contributed by atoms with Crippen LogP contribution in [0.4, 0.5) is 5.82 Å². The minimum absolute atomic E-state index is 0.00936. The van der Waals surface area contributed by atoms with Crippen LogP contribution >= 0.6 is 0 Å². The summed E-state index contributed by atoms with van der Waals surface area (Å²) in [5, 5.41) is 1.79. The average Bonchev–Trinajstić information content (AvgIpc) is 3.60. The van der Waals surface area contributed by atoms with E-state index in [1.807, 2.05) is 41.1 Å². The van der Waals surface area contributed by atoms with Crippen LogP contribution in [0.1, 0.15) is 42.7 Å². The highest BCUT2D eigenvalue weighted by atomic mass is 16.5. The number of nitrogens with two attached hydrogens (primary N) is 1. The van der Waals surface area contributed by atoms with E-state index >= 15 is 0 Å². The zero-order chi connectivity index (χ0) is 25.4. The van der Waals surface area contributed by atoms with Gasteiger partial charge in [0, 0.05) is 53.3 Å². The Hall–Kier alpha value is -4.24. The second kappa shape index (κ2) is 9.67. The summed E-state index contributed by atoms with van der Waals surface area (Å²) in [6.07, 6.45) is 9.93. The number of aryl methyl sites for hydroxylation is 1. The number of anilines is 1. The van der Waals surface area contributed by atoms with Crippen molar-refractivity contribution < 1.29 is 14.2 Å². The molecule has 188 valence electrons. The van der Waals surface area contributed by atoms with Gasteiger partial charge in [-0.3, -0.25) is 14.5 Å². The highest BCUT2D eigenvalue weighted by Crippen LogP contribution is 2.37.